The molecule has 0 fully saturated rings. The van der Waals surface area contributed by atoms with Crippen molar-refractivity contribution in [2.24, 2.45) is 0 Å². The van der Waals surface area contributed by atoms with Gasteiger partial charge in [0.05, 0.1) is 0 Å². The zero-order chi connectivity index (χ0) is 67.0. The Morgan fingerprint density at radius 2 is 0.500 bits per heavy atom. The molecule has 2 aromatic heterocycles. The maximum atomic E-state index is 5.08. The summed E-state index contributed by atoms with van der Waals surface area (Å²) in [5.41, 5.74) is 16.1. The van der Waals surface area contributed by atoms with E-state index in [0.717, 1.165) is 11.5 Å². The predicted octanol–water partition coefficient (Wildman–Crippen LogP) is 27.3. The molecule has 472 valence electrons. The third-order valence-electron chi connectivity index (χ3n) is 17.2. The third-order valence-corrected chi connectivity index (χ3v) is 18.1. The highest BCUT2D eigenvalue weighted by atomic mass is 32.1. The van der Waals surface area contributed by atoms with Crippen molar-refractivity contribution in [2.75, 3.05) is 0 Å². The molecule has 0 aliphatic rings. The minimum Gasteiger partial charge on any atom is -0.467 e. The van der Waals surface area contributed by atoms with E-state index in [4.69, 9.17) is 4.42 Å². The molecule has 16 rings (SSSR count). The van der Waals surface area contributed by atoms with Crippen LogP contribution < -0.4 is 0 Å². The molecule has 0 saturated heterocycles. The van der Waals surface area contributed by atoms with Crippen molar-refractivity contribution in [2.45, 2.75) is 111 Å². The summed E-state index contributed by atoms with van der Waals surface area (Å²) in [6.45, 7) is 33.9. The molecular formula is C92H92OS. The van der Waals surface area contributed by atoms with Gasteiger partial charge in [-0.05, 0) is 255 Å². The lowest BCUT2D eigenvalue weighted by Gasteiger charge is -2.07. The van der Waals surface area contributed by atoms with Crippen LogP contribution in [0.25, 0.3) is 86.2 Å². The van der Waals surface area contributed by atoms with Gasteiger partial charge in [-0.3, -0.25) is 0 Å². The zero-order valence-electron chi connectivity index (χ0n) is 58.2. The van der Waals surface area contributed by atoms with Crippen LogP contribution in [-0.4, -0.2) is 0 Å². The van der Waals surface area contributed by atoms with Gasteiger partial charge in [-0.1, -0.05) is 276 Å². The van der Waals surface area contributed by atoms with Gasteiger partial charge in [0.1, 0.15) is 11.5 Å². The lowest BCUT2D eigenvalue weighted by Crippen LogP contribution is -1.83. The smallest absolute Gasteiger partial charge is 0.101 e. The highest BCUT2D eigenvalue weighted by Crippen LogP contribution is 2.31. The van der Waals surface area contributed by atoms with E-state index in [0.29, 0.717) is 0 Å². The van der Waals surface area contributed by atoms with Gasteiger partial charge in [-0.15, -0.1) is 11.3 Å². The molecule has 0 N–H and O–H groups in total. The van der Waals surface area contributed by atoms with E-state index in [1.165, 1.54) is 163 Å². The summed E-state index contributed by atoms with van der Waals surface area (Å²) in [4.78, 5) is 2.80. The first-order valence-electron chi connectivity index (χ1n) is 32.9. The lowest BCUT2D eigenvalue weighted by molar-refractivity contribution is 0.504. The Morgan fingerprint density at radius 1 is 0.181 bits per heavy atom. The van der Waals surface area contributed by atoms with Crippen molar-refractivity contribution in [3.63, 3.8) is 0 Å². The molecule has 94 heavy (non-hydrogen) atoms. The van der Waals surface area contributed by atoms with Gasteiger partial charge in [0.15, 0.2) is 0 Å². The van der Waals surface area contributed by atoms with E-state index >= 15 is 0 Å². The van der Waals surface area contributed by atoms with Gasteiger partial charge in [0.25, 0.3) is 0 Å². The van der Waals surface area contributed by atoms with E-state index in [1.807, 2.05) is 37.3 Å². The van der Waals surface area contributed by atoms with Crippen LogP contribution in [0, 0.1) is 111 Å². The Bertz CT molecular complexity index is 4930. The Labute approximate surface area is 564 Å². The maximum absolute atomic E-state index is 5.08. The number of benzene rings is 14. The average molecular weight is 1250 g/mol. The first-order valence-corrected chi connectivity index (χ1v) is 33.7. The molecule has 2 heteroatoms. The average Bonchev–Trinajstić information content (AvgIpc) is 0.945. The molecule has 0 aliphatic heterocycles. The van der Waals surface area contributed by atoms with Gasteiger partial charge in [0, 0.05) is 9.75 Å². The van der Waals surface area contributed by atoms with Gasteiger partial charge in [-0.2, -0.15) is 0 Å². The van der Waals surface area contributed by atoms with Crippen molar-refractivity contribution >= 4 is 97.5 Å². The summed E-state index contributed by atoms with van der Waals surface area (Å²) < 4.78 is 5.08. The number of fused-ring (bicyclic) bond motifs is 10. The quantitative estimate of drug-likeness (QED) is 0.138. The lowest BCUT2D eigenvalue weighted by atomic mass is 9.97. The topological polar surface area (TPSA) is 13.1 Å². The van der Waals surface area contributed by atoms with E-state index in [9.17, 15) is 0 Å². The minimum absolute atomic E-state index is 0.984. The van der Waals surface area contributed by atoms with Gasteiger partial charge in [-0.25, -0.2) is 0 Å². The Morgan fingerprint density at radius 3 is 0.936 bits per heavy atom. The first kappa shape index (κ1) is 68.5. The van der Waals surface area contributed by atoms with E-state index in [1.54, 1.807) is 0 Å². The fourth-order valence-electron chi connectivity index (χ4n) is 12.2. The van der Waals surface area contributed by atoms with Crippen molar-refractivity contribution in [1.82, 2.24) is 0 Å². The Balaban J connectivity index is 0.000000128. The molecule has 0 bridgehead atoms. The molecule has 0 spiro atoms. The molecule has 0 radical (unpaired) electrons. The van der Waals surface area contributed by atoms with Crippen molar-refractivity contribution in [1.29, 1.82) is 0 Å². The predicted molar refractivity (Wildman–Crippen MR) is 418 cm³/mol. The summed E-state index contributed by atoms with van der Waals surface area (Å²) in [5.74, 6) is 1.97. The monoisotopic (exact) mass is 1240 g/mol. The second kappa shape index (κ2) is 32.1. The van der Waals surface area contributed by atoms with Crippen LogP contribution >= 0.6 is 11.3 Å². The van der Waals surface area contributed by atoms with E-state index < -0.39 is 0 Å². The molecular weight excluding hydrogens is 1150 g/mol. The number of hydrogen-bond acceptors (Lipinski definition) is 2. The van der Waals surface area contributed by atoms with Gasteiger partial charge in [0.2, 0.25) is 0 Å². The summed E-state index contributed by atoms with van der Waals surface area (Å²) in [6.07, 6.45) is 0. The maximum Gasteiger partial charge on any atom is 0.101 e. The fourth-order valence-corrected chi connectivity index (χ4v) is 13.0. The van der Waals surface area contributed by atoms with Crippen LogP contribution in [0.15, 0.2) is 271 Å². The highest BCUT2D eigenvalue weighted by molar-refractivity contribution is 7.11. The number of rotatable bonds is 0. The van der Waals surface area contributed by atoms with Gasteiger partial charge >= 0.3 is 0 Å². The number of thiophene rings is 1. The molecule has 0 saturated carbocycles. The highest BCUT2D eigenvalue weighted by Gasteiger charge is 2.05. The molecule has 14 aromatic carbocycles. The van der Waals surface area contributed by atoms with Gasteiger partial charge < -0.3 is 4.42 Å². The molecule has 0 unspecified atom stereocenters. The molecule has 16 aromatic rings. The van der Waals surface area contributed by atoms with Crippen LogP contribution in [0.5, 0.6) is 0 Å². The van der Waals surface area contributed by atoms with Crippen LogP contribution in [0.1, 0.15) is 88.0 Å². The minimum atomic E-state index is 0.984. The van der Waals surface area contributed by atoms with Crippen molar-refractivity contribution < 1.29 is 4.42 Å². The molecule has 0 amide bonds. The number of furan rings is 1. The Kier molecular flexibility index (Phi) is 23.4. The second-order valence-electron chi connectivity index (χ2n) is 25.4. The largest absolute Gasteiger partial charge is 0.467 e. The molecule has 0 atom stereocenters. The van der Waals surface area contributed by atoms with Crippen LogP contribution in [-0.2, 0) is 0 Å². The number of aryl methyl sites for hydroxylation is 16. The molecule has 0 aliphatic carbocycles. The van der Waals surface area contributed by atoms with Crippen LogP contribution in [0.3, 0.4) is 0 Å². The summed E-state index contributed by atoms with van der Waals surface area (Å²) in [5, 5.41) is 21.6. The zero-order valence-corrected chi connectivity index (χ0v) is 59.0. The first-order chi connectivity index (χ1) is 45.2. The van der Waals surface area contributed by atoms with E-state index in [2.05, 4.69) is 352 Å². The third kappa shape index (κ3) is 18.2. The number of hydrogen-bond donors (Lipinski definition) is 0. The SMILES string of the molecule is Cc1cc(C)c2ccccc2c1.Cc1ccc(C)c2ccccc12.Cc1ccc(C)o1.Cc1ccc(C)s1.Cc1ccc2c(ccc3cc(C)ccc32)c1.Cc1ccc2cc(C)c3ccccc3c2c1.Cc1ccc2cc(C)ccc2c1.Cc1cccc2c(C)cccc12. The van der Waals surface area contributed by atoms with Crippen LogP contribution in [0.2, 0.25) is 0 Å². The standard InChI is InChI=1S/2C16H14.4C12H12.C6H8O.C6H8S/c1-11-3-7-15-13(9-11)5-6-14-10-12(2)4-8-16(14)15;1-11-7-8-13-10-12(2)14-5-3-4-6-15(14)16(13)9-11;1-9-3-5-12-8-10(2)4-6-11(12)7-9;1-9-5-3-8-12-10(2)6-4-7-11(9)12;1-9-7-10(2)12-6-4-3-5-11(12)8-9;1-9-7-8-10(2)12-6-4-3-5-11(9)12;2*1-5-3-4-6(2)7-5/h2*3-10H,1-2H3;4*3-8H,1-2H3;2*3-4H,1-2H3. The summed E-state index contributed by atoms with van der Waals surface area (Å²) >= 11 is 1.84. The molecule has 1 nitrogen and oxygen atoms in total. The second-order valence-corrected chi connectivity index (χ2v) is 26.9. The Hall–Kier alpha value is -9.86. The van der Waals surface area contributed by atoms with Crippen LogP contribution in [0.4, 0.5) is 0 Å². The van der Waals surface area contributed by atoms with Crippen molar-refractivity contribution in [3.8, 4) is 0 Å². The normalized spacial score (nSPS) is 10.6. The summed E-state index contributed by atoms with van der Waals surface area (Å²) in [6, 6.07) is 95.3. The fraction of sp³-hybridized carbons (Fsp3) is 0.174. The molecule has 2 heterocycles. The van der Waals surface area contributed by atoms with Crippen molar-refractivity contribution in [3.05, 3.63) is 355 Å². The van der Waals surface area contributed by atoms with E-state index in [-0.39, 0.29) is 0 Å². The summed E-state index contributed by atoms with van der Waals surface area (Å²) in [7, 11) is 0.